The molecule has 3 aromatic carbocycles. The molecule has 5 rings (SSSR count). The molecule has 0 aliphatic carbocycles. The van der Waals surface area contributed by atoms with Crippen molar-refractivity contribution in [3.63, 3.8) is 0 Å². The number of hydrogen-bond acceptors (Lipinski definition) is 6. The zero-order valence-corrected chi connectivity index (χ0v) is 23.6. The maximum atomic E-state index is 13.9. The van der Waals surface area contributed by atoms with E-state index in [9.17, 15) is 4.79 Å². The van der Waals surface area contributed by atoms with Gasteiger partial charge < -0.3 is 15.4 Å². The highest BCUT2D eigenvalue weighted by atomic mass is 35.5. The molecule has 0 fully saturated rings. The number of carbonyl (C=O) groups excluding carboxylic acids is 1. The molecule has 1 aliphatic heterocycles. The van der Waals surface area contributed by atoms with E-state index in [0.717, 1.165) is 17.5 Å². The standard InChI is InChI=1S/C30H30ClN5O2S/c1-4-20-14-16-21(17-15-20)27-26(28(37)33-24-12-8-9-13-25(24)38-5-2)19(3)32-29-34-30(35-36(27)29)39-18-22-10-6-7-11-23(22)31/h6-17,27H,4-5,18H2,1-3H3,(H,33,37)(H,32,34,35). The number of hydrogen-bond donors (Lipinski definition) is 2. The van der Waals surface area contributed by atoms with Crippen LogP contribution in [0.25, 0.3) is 0 Å². The molecular weight excluding hydrogens is 530 g/mol. The van der Waals surface area contributed by atoms with Crippen molar-refractivity contribution in [3.05, 3.63) is 106 Å². The van der Waals surface area contributed by atoms with Crippen molar-refractivity contribution in [2.24, 2.45) is 0 Å². The van der Waals surface area contributed by atoms with Crippen molar-refractivity contribution in [1.82, 2.24) is 14.8 Å². The van der Waals surface area contributed by atoms with Crippen LogP contribution < -0.4 is 15.4 Å². The van der Waals surface area contributed by atoms with Crippen LogP contribution in [0.3, 0.4) is 0 Å². The second-order valence-electron chi connectivity index (χ2n) is 9.09. The van der Waals surface area contributed by atoms with Gasteiger partial charge in [0.2, 0.25) is 11.1 Å². The third-order valence-electron chi connectivity index (χ3n) is 6.53. The minimum absolute atomic E-state index is 0.233. The highest BCUT2D eigenvalue weighted by molar-refractivity contribution is 7.98. The van der Waals surface area contributed by atoms with Crippen molar-refractivity contribution in [2.75, 3.05) is 17.2 Å². The molecule has 1 unspecified atom stereocenters. The molecule has 200 valence electrons. The Hall–Kier alpha value is -3.75. The monoisotopic (exact) mass is 559 g/mol. The molecule has 1 amide bonds. The predicted octanol–water partition coefficient (Wildman–Crippen LogP) is 7.11. The molecule has 4 aromatic rings. The minimum atomic E-state index is -0.464. The van der Waals surface area contributed by atoms with Crippen molar-refractivity contribution in [2.45, 2.75) is 44.1 Å². The van der Waals surface area contributed by atoms with Crippen LogP contribution in [0.4, 0.5) is 11.6 Å². The van der Waals surface area contributed by atoms with Gasteiger partial charge in [-0.1, -0.05) is 84.9 Å². The minimum Gasteiger partial charge on any atom is -0.492 e. The zero-order valence-electron chi connectivity index (χ0n) is 22.1. The van der Waals surface area contributed by atoms with E-state index >= 15 is 0 Å². The van der Waals surface area contributed by atoms with Crippen LogP contribution >= 0.6 is 23.4 Å². The summed E-state index contributed by atoms with van der Waals surface area (Å²) in [5.41, 5.74) is 5.08. The number of para-hydroxylation sites is 2. The fraction of sp³-hybridized carbons (Fsp3) is 0.233. The van der Waals surface area contributed by atoms with Gasteiger partial charge >= 0.3 is 0 Å². The molecule has 9 heteroatoms. The van der Waals surface area contributed by atoms with Gasteiger partial charge in [0, 0.05) is 16.5 Å². The van der Waals surface area contributed by atoms with Gasteiger partial charge in [-0.25, -0.2) is 4.68 Å². The van der Waals surface area contributed by atoms with Crippen molar-refractivity contribution < 1.29 is 9.53 Å². The first-order chi connectivity index (χ1) is 19.0. The summed E-state index contributed by atoms with van der Waals surface area (Å²) in [5, 5.41) is 12.5. The van der Waals surface area contributed by atoms with E-state index in [1.54, 1.807) is 4.68 Å². The summed E-state index contributed by atoms with van der Waals surface area (Å²) in [6.07, 6.45) is 0.931. The quantitative estimate of drug-likeness (QED) is 0.213. The molecule has 0 radical (unpaired) electrons. The van der Waals surface area contributed by atoms with E-state index in [1.165, 1.54) is 17.3 Å². The van der Waals surface area contributed by atoms with Gasteiger partial charge in [-0.3, -0.25) is 4.79 Å². The number of nitrogens with one attached hydrogen (secondary N) is 2. The lowest BCUT2D eigenvalue weighted by atomic mass is 9.94. The summed E-state index contributed by atoms with van der Waals surface area (Å²) in [6.45, 7) is 6.43. The molecule has 1 atom stereocenters. The second-order valence-corrected chi connectivity index (χ2v) is 10.4. The fourth-order valence-corrected chi connectivity index (χ4v) is 5.64. The van der Waals surface area contributed by atoms with Gasteiger partial charge in [-0.2, -0.15) is 4.98 Å². The predicted molar refractivity (Wildman–Crippen MR) is 158 cm³/mol. The summed E-state index contributed by atoms with van der Waals surface area (Å²) in [4.78, 5) is 18.6. The molecule has 0 bridgehead atoms. The molecule has 0 saturated heterocycles. The molecule has 7 nitrogen and oxygen atoms in total. The van der Waals surface area contributed by atoms with Crippen LogP contribution in [-0.4, -0.2) is 27.3 Å². The molecular formula is C30H30ClN5O2S. The highest BCUT2D eigenvalue weighted by Gasteiger charge is 2.34. The van der Waals surface area contributed by atoms with E-state index in [-0.39, 0.29) is 5.91 Å². The van der Waals surface area contributed by atoms with Crippen LogP contribution in [0, 0.1) is 0 Å². The molecule has 0 saturated carbocycles. The highest BCUT2D eigenvalue weighted by Crippen LogP contribution is 2.38. The maximum absolute atomic E-state index is 13.9. The van der Waals surface area contributed by atoms with E-state index in [2.05, 4.69) is 41.8 Å². The van der Waals surface area contributed by atoms with E-state index in [1.807, 2.05) is 62.4 Å². The maximum Gasteiger partial charge on any atom is 0.255 e. The van der Waals surface area contributed by atoms with E-state index in [0.29, 0.717) is 51.2 Å². The van der Waals surface area contributed by atoms with E-state index in [4.69, 9.17) is 26.4 Å². The summed E-state index contributed by atoms with van der Waals surface area (Å²) in [7, 11) is 0. The van der Waals surface area contributed by atoms with Gasteiger partial charge in [-0.05, 0) is 55.2 Å². The SMILES string of the molecule is CCOc1ccccc1NC(=O)C1=C(C)Nc2nc(SCc3ccccc3Cl)nn2C1c1ccc(CC)cc1. The van der Waals surface area contributed by atoms with Crippen LogP contribution in [0.1, 0.15) is 43.5 Å². The summed E-state index contributed by atoms with van der Waals surface area (Å²) >= 11 is 7.86. The van der Waals surface area contributed by atoms with Crippen molar-refractivity contribution >= 4 is 40.9 Å². The average molecular weight is 560 g/mol. The van der Waals surface area contributed by atoms with Gasteiger partial charge in [0.05, 0.1) is 17.9 Å². The lowest BCUT2D eigenvalue weighted by molar-refractivity contribution is -0.113. The summed E-state index contributed by atoms with van der Waals surface area (Å²) in [5.74, 6) is 1.61. The number of ether oxygens (including phenoxy) is 1. The first-order valence-electron chi connectivity index (χ1n) is 12.9. The average Bonchev–Trinajstić information content (AvgIpc) is 3.35. The number of halogens is 1. The number of aromatic nitrogens is 3. The largest absolute Gasteiger partial charge is 0.492 e. The summed E-state index contributed by atoms with van der Waals surface area (Å²) in [6, 6.07) is 23.0. The first-order valence-corrected chi connectivity index (χ1v) is 14.3. The van der Waals surface area contributed by atoms with Crippen molar-refractivity contribution in [1.29, 1.82) is 0 Å². The summed E-state index contributed by atoms with van der Waals surface area (Å²) < 4.78 is 7.53. The lowest BCUT2D eigenvalue weighted by Gasteiger charge is -2.29. The third kappa shape index (κ3) is 5.82. The number of amides is 1. The molecule has 39 heavy (non-hydrogen) atoms. The number of rotatable bonds is 9. The fourth-order valence-electron chi connectivity index (χ4n) is 4.53. The number of allylic oxidation sites excluding steroid dienone is 1. The molecule has 2 heterocycles. The Labute approximate surface area is 237 Å². The van der Waals surface area contributed by atoms with Gasteiger partial charge in [0.15, 0.2) is 0 Å². The zero-order chi connectivity index (χ0) is 27.4. The Balaban J connectivity index is 1.50. The number of carbonyl (C=O) groups is 1. The number of thioether (sulfide) groups is 1. The van der Waals surface area contributed by atoms with Crippen LogP contribution in [0.2, 0.25) is 5.02 Å². The number of aryl methyl sites for hydroxylation is 1. The molecule has 1 aliphatic rings. The first kappa shape index (κ1) is 26.8. The Kier molecular flexibility index (Phi) is 8.24. The number of benzene rings is 3. The van der Waals surface area contributed by atoms with Crippen LogP contribution in [0.15, 0.2) is 89.2 Å². The van der Waals surface area contributed by atoms with Crippen LogP contribution in [0.5, 0.6) is 5.75 Å². The molecule has 1 aromatic heterocycles. The second kappa shape index (κ2) is 12.0. The van der Waals surface area contributed by atoms with Crippen molar-refractivity contribution in [3.8, 4) is 5.75 Å². The van der Waals surface area contributed by atoms with E-state index < -0.39 is 6.04 Å². The molecule has 0 spiro atoms. The van der Waals surface area contributed by atoms with Gasteiger partial charge in [-0.15, -0.1) is 5.10 Å². The topological polar surface area (TPSA) is 81.1 Å². The number of anilines is 2. The Morgan fingerprint density at radius 2 is 1.82 bits per heavy atom. The Bertz CT molecular complexity index is 1520. The Morgan fingerprint density at radius 3 is 2.56 bits per heavy atom. The van der Waals surface area contributed by atoms with Gasteiger partial charge in [0.1, 0.15) is 11.8 Å². The van der Waals surface area contributed by atoms with Crippen LogP contribution in [-0.2, 0) is 17.0 Å². The molecule has 2 N–H and O–H groups in total. The third-order valence-corrected chi connectivity index (χ3v) is 7.79. The normalized spacial score (nSPS) is 14.5. The number of fused-ring (bicyclic) bond motifs is 1. The lowest BCUT2D eigenvalue weighted by Crippen LogP contribution is -2.31. The Morgan fingerprint density at radius 1 is 1.08 bits per heavy atom. The number of nitrogens with zero attached hydrogens (tertiary/aromatic N) is 3. The smallest absolute Gasteiger partial charge is 0.255 e. The van der Waals surface area contributed by atoms with Gasteiger partial charge in [0.25, 0.3) is 5.91 Å².